The van der Waals surface area contributed by atoms with Crippen LogP contribution in [0.3, 0.4) is 0 Å². The number of nitrogens with one attached hydrogen (secondary N) is 1. The van der Waals surface area contributed by atoms with Crippen molar-refractivity contribution in [3.05, 3.63) is 71.3 Å². The van der Waals surface area contributed by atoms with Crippen molar-refractivity contribution in [3.63, 3.8) is 0 Å². The van der Waals surface area contributed by atoms with Crippen molar-refractivity contribution >= 4 is 11.8 Å². The Bertz CT molecular complexity index is 788. The summed E-state index contributed by atoms with van der Waals surface area (Å²) in [7, 11) is 0. The molecule has 0 saturated carbocycles. The first-order valence-electron chi connectivity index (χ1n) is 10.6. The number of hydrogen-bond donors (Lipinski definition) is 1. The van der Waals surface area contributed by atoms with Crippen molar-refractivity contribution in [1.82, 2.24) is 10.2 Å². The van der Waals surface area contributed by atoms with Crippen molar-refractivity contribution in [2.24, 2.45) is 0 Å². The third-order valence-electron chi connectivity index (χ3n) is 5.46. The van der Waals surface area contributed by atoms with E-state index in [1.807, 2.05) is 82.3 Å². The van der Waals surface area contributed by atoms with E-state index in [9.17, 15) is 9.59 Å². The Morgan fingerprint density at radius 3 is 2.24 bits per heavy atom. The van der Waals surface area contributed by atoms with Crippen LogP contribution in [0.4, 0.5) is 0 Å². The Kier molecular flexibility index (Phi) is 8.91. The average molecular weight is 395 g/mol. The molecule has 4 heteroatoms. The van der Waals surface area contributed by atoms with Crippen LogP contribution >= 0.6 is 0 Å². The molecule has 156 valence electrons. The van der Waals surface area contributed by atoms with Crippen molar-refractivity contribution in [2.75, 3.05) is 0 Å². The predicted octanol–water partition coefficient (Wildman–Crippen LogP) is 4.65. The highest BCUT2D eigenvalue weighted by atomic mass is 16.2. The second kappa shape index (κ2) is 11.4. The lowest BCUT2D eigenvalue weighted by Crippen LogP contribution is -2.50. The van der Waals surface area contributed by atoms with Crippen molar-refractivity contribution in [2.45, 2.75) is 72.0 Å². The van der Waals surface area contributed by atoms with Gasteiger partial charge in [-0.1, -0.05) is 68.4 Å². The van der Waals surface area contributed by atoms with Crippen LogP contribution in [-0.2, 0) is 22.6 Å². The maximum Gasteiger partial charge on any atom is 0.243 e. The van der Waals surface area contributed by atoms with E-state index in [2.05, 4.69) is 5.32 Å². The summed E-state index contributed by atoms with van der Waals surface area (Å²) in [6.07, 6.45) is 2.52. The fourth-order valence-corrected chi connectivity index (χ4v) is 3.37. The smallest absolute Gasteiger partial charge is 0.243 e. The molecular formula is C25H34N2O2. The molecule has 0 bridgehead atoms. The minimum Gasteiger partial charge on any atom is -0.352 e. The third kappa shape index (κ3) is 6.74. The zero-order valence-corrected chi connectivity index (χ0v) is 18.2. The van der Waals surface area contributed by atoms with Gasteiger partial charge >= 0.3 is 0 Å². The SMILES string of the molecule is CC[C@H](C)NC(=O)[C@H](CC)N(Cc1ccccc1C)C(=O)CCc1ccccc1. The lowest BCUT2D eigenvalue weighted by Gasteiger charge is -2.32. The first-order valence-corrected chi connectivity index (χ1v) is 10.6. The molecule has 4 nitrogen and oxygen atoms in total. The van der Waals surface area contributed by atoms with Gasteiger partial charge in [0.05, 0.1) is 0 Å². The molecule has 0 unspecified atom stereocenters. The summed E-state index contributed by atoms with van der Waals surface area (Å²) < 4.78 is 0. The van der Waals surface area contributed by atoms with Gasteiger partial charge in [-0.25, -0.2) is 0 Å². The zero-order valence-electron chi connectivity index (χ0n) is 18.2. The van der Waals surface area contributed by atoms with Gasteiger partial charge in [-0.15, -0.1) is 0 Å². The first kappa shape index (κ1) is 22.7. The standard InChI is InChI=1S/C25H34N2O2/c1-5-20(4)26-25(29)23(6-2)27(18-22-15-11-10-12-19(22)3)24(28)17-16-21-13-8-7-9-14-21/h7-15,20,23H,5-6,16-18H2,1-4H3,(H,26,29)/t20-,23-/m0/s1. The Morgan fingerprint density at radius 1 is 0.966 bits per heavy atom. The van der Waals surface area contributed by atoms with Gasteiger partial charge in [-0.05, 0) is 49.8 Å². The highest BCUT2D eigenvalue weighted by Gasteiger charge is 2.29. The van der Waals surface area contributed by atoms with E-state index in [0.29, 0.717) is 25.8 Å². The van der Waals surface area contributed by atoms with Crippen LogP contribution in [0.2, 0.25) is 0 Å². The van der Waals surface area contributed by atoms with E-state index in [4.69, 9.17) is 0 Å². The Labute approximate surface area is 175 Å². The van der Waals surface area contributed by atoms with Crippen LogP contribution in [0.5, 0.6) is 0 Å². The molecule has 0 radical (unpaired) electrons. The summed E-state index contributed by atoms with van der Waals surface area (Å²) in [6, 6.07) is 17.7. The second-order valence-corrected chi connectivity index (χ2v) is 7.68. The molecule has 0 spiro atoms. The lowest BCUT2D eigenvalue weighted by molar-refractivity contribution is -0.141. The molecule has 2 amide bonds. The first-order chi connectivity index (χ1) is 14.0. The number of hydrogen-bond acceptors (Lipinski definition) is 2. The van der Waals surface area contributed by atoms with Crippen molar-refractivity contribution < 1.29 is 9.59 Å². The van der Waals surface area contributed by atoms with E-state index in [-0.39, 0.29) is 17.9 Å². The molecular weight excluding hydrogens is 360 g/mol. The molecule has 0 heterocycles. The van der Waals surface area contributed by atoms with Crippen LogP contribution < -0.4 is 5.32 Å². The summed E-state index contributed by atoms with van der Waals surface area (Å²) in [4.78, 5) is 27.9. The predicted molar refractivity (Wildman–Crippen MR) is 118 cm³/mol. The fraction of sp³-hybridized carbons (Fsp3) is 0.440. The van der Waals surface area contributed by atoms with Crippen LogP contribution in [0.25, 0.3) is 0 Å². The molecule has 29 heavy (non-hydrogen) atoms. The minimum absolute atomic E-state index is 0.0169. The van der Waals surface area contributed by atoms with Gasteiger partial charge in [0.15, 0.2) is 0 Å². The maximum atomic E-state index is 13.2. The molecule has 2 atom stereocenters. The minimum atomic E-state index is -0.466. The molecule has 0 aliphatic carbocycles. The number of carbonyl (C=O) groups excluding carboxylic acids is 2. The van der Waals surface area contributed by atoms with Gasteiger partial charge < -0.3 is 10.2 Å². The molecule has 2 rings (SSSR count). The summed E-state index contributed by atoms with van der Waals surface area (Å²) >= 11 is 0. The number of carbonyl (C=O) groups is 2. The fourth-order valence-electron chi connectivity index (χ4n) is 3.37. The topological polar surface area (TPSA) is 49.4 Å². The number of rotatable bonds is 10. The summed E-state index contributed by atoms with van der Waals surface area (Å²) in [5, 5.41) is 3.06. The van der Waals surface area contributed by atoms with Gasteiger partial charge in [0.2, 0.25) is 11.8 Å². The van der Waals surface area contributed by atoms with E-state index in [0.717, 1.165) is 23.1 Å². The van der Waals surface area contributed by atoms with Crippen LogP contribution in [0.15, 0.2) is 54.6 Å². The molecule has 0 aromatic heterocycles. The van der Waals surface area contributed by atoms with Gasteiger partial charge in [0.1, 0.15) is 6.04 Å². The summed E-state index contributed by atoms with van der Waals surface area (Å²) in [6.45, 7) is 8.50. The average Bonchev–Trinajstić information content (AvgIpc) is 2.73. The number of amides is 2. The number of nitrogens with zero attached hydrogens (tertiary/aromatic N) is 1. The Balaban J connectivity index is 2.22. The van der Waals surface area contributed by atoms with E-state index in [1.165, 1.54) is 0 Å². The summed E-state index contributed by atoms with van der Waals surface area (Å²) in [5.41, 5.74) is 3.34. The van der Waals surface area contributed by atoms with Gasteiger partial charge in [0.25, 0.3) is 0 Å². The largest absolute Gasteiger partial charge is 0.352 e. The molecule has 2 aromatic rings. The Morgan fingerprint density at radius 2 is 1.62 bits per heavy atom. The van der Waals surface area contributed by atoms with Crippen LogP contribution in [0, 0.1) is 6.92 Å². The van der Waals surface area contributed by atoms with Crippen molar-refractivity contribution in [1.29, 1.82) is 0 Å². The molecule has 1 N–H and O–H groups in total. The number of benzene rings is 2. The normalized spacial score (nSPS) is 12.8. The Hall–Kier alpha value is -2.62. The van der Waals surface area contributed by atoms with Crippen LogP contribution in [-0.4, -0.2) is 28.8 Å². The van der Waals surface area contributed by atoms with E-state index >= 15 is 0 Å². The number of aryl methyl sites for hydroxylation is 2. The second-order valence-electron chi connectivity index (χ2n) is 7.68. The van der Waals surface area contributed by atoms with E-state index in [1.54, 1.807) is 4.90 Å². The third-order valence-corrected chi connectivity index (χ3v) is 5.46. The monoisotopic (exact) mass is 394 g/mol. The maximum absolute atomic E-state index is 13.2. The zero-order chi connectivity index (χ0) is 21.2. The molecule has 0 aliphatic heterocycles. The van der Waals surface area contributed by atoms with Crippen LogP contribution in [0.1, 0.15) is 56.7 Å². The quantitative estimate of drug-likeness (QED) is 0.638. The van der Waals surface area contributed by atoms with Gasteiger partial charge in [0, 0.05) is 19.0 Å². The van der Waals surface area contributed by atoms with Crippen molar-refractivity contribution in [3.8, 4) is 0 Å². The lowest BCUT2D eigenvalue weighted by atomic mass is 10.0. The van der Waals surface area contributed by atoms with Gasteiger partial charge in [-0.2, -0.15) is 0 Å². The summed E-state index contributed by atoms with van der Waals surface area (Å²) in [5.74, 6) is -0.0493. The van der Waals surface area contributed by atoms with E-state index < -0.39 is 6.04 Å². The molecule has 0 aliphatic rings. The highest BCUT2D eigenvalue weighted by Crippen LogP contribution is 2.17. The molecule has 0 saturated heterocycles. The highest BCUT2D eigenvalue weighted by molar-refractivity contribution is 5.88. The molecule has 0 fully saturated rings. The molecule has 2 aromatic carbocycles. The van der Waals surface area contributed by atoms with Gasteiger partial charge in [-0.3, -0.25) is 9.59 Å².